The number of nitrogens with one attached hydrogen (secondary N) is 2. The number of imide groups is 1. The van der Waals surface area contributed by atoms with E-state index in [2.05, 4.69) is 45.4 Å². The van der Waals surface area contributed by atoms with Crippen LogP contribution in [-0.4, -0.2) is 62.5 Å². The first-order valence-electron chi connectivity index (χ1n) is 17.3. The molecule has 2 saturated carbocycles. The SMILES string of the molecule is CC1CCC2C(=O)N(NC(=O)CCN3C(=O)C4(CC(C)(C)NC(C)(C)C4)OC34CCCCCCCCCCC4)C(=O)C2C1. The van der Waals surface area contributed by atoms with Crippen LogP contribution >= 0.6 is 0 Å². The van der Waals surface area contributed by atoms with Crippen molar-refractivity contribution < 1.29 is 23.9 Å². The van der Waals surface area contributed by atoms with Gasteiger partial charge in [0.1, 0.15) is 5.72 Å². The van der Waals surface area contributed by atoms with Crippen LogP contribution in [0.4, 0.5) is 0 Å². The second-order valence-electron chi connectivity index (χ2n) is 15.9. The Hall–Kier alpha value is -2.00. The second-order valence-corrected chi connectivity index (χ2v) is 15.9. The highest BCUT2D eigenvalue weighted by molar-refractivity contribution is 6.06. The Bertz CT molecular complexity index is 1060. The predicted molar refractivity (Wildman–Crippen MR) is 164 cm³/mol. The van der Waals surface area contributed by atoms with Gasteiger partial charge in [-0.15, -0.1) is 0 Å². The van der Waals surface area contributed by atoms with E-state index in [-0.39, 0.29) is 53.6 Å². The topological polar surface area (TPSA) is 108 Å². The molecule has 2 aliphatic carbocycles. The lowest BCUT2D eigenvalue weighted by molar-refractivity contribution is -0.177. The van der Waals surface area contributed by atoms with Crippen LogP contribution in [-0.2, 0) is 23.9 Å². The summed E-state index contributed by atoms with van der Waals surface area (Å²) in [6, 6.07) is 0. The van der Waals surface area contributed by atoms with Gasteiger partial charge >= 0.3 is 0 Å². The number of hydrazine groups is 1. The van der Waals surface area contributed by atoms with Gasteiger partial charge in [0, 0.05) is 36.9 Å². The van der Waals surface area contributed by atoms with E-state index in [1.165, 1.54) is 32.1 Å². The first-order valence-corrected chi connectivity index (χ1v) is 17.3. The van der Waals surface area contributed by atoms with E-state index in [9.17, 15) is 19.2 Å². The number of carbonyl (C=O) groups is 4. The number of hydrogen-bond donors (Lipinski definition) is 2. The van der Waals surface area contributed by atoms with E-state index in [0.717, 1.165) is 50.0 Å². The molecule has 5 aliphatic rings. The molecule has 3 aliphatic heterocycles. The van der Waals surface area contributed by atoms with Gasteiger partial charge in [-0.2, -0.15) is 5.01 Å². The van der Waals surface area contributed by atoms with Crippen LogP contribution in [0.25, 0.3) is 0 Å². The Morgan fingerprint density at radius 1 is 0.837 bits per heavy atom. The van der Waals surface area contributed by atoms with Crippen molar-refractivity contribution in [2.45, 2.75) is 166 Å². The van der Waals surface area contributed by atoms with Gasteiger partial charge in [-0.05, 0) is 78.6 Å². The van der Waals surface area contributed by atoms with E-state index in [1.807, 2.05) is 4.90 Å². The Balaban J connectivity index is 1.35. The third-order valence-corrected chi connectivity index (χ3v) is 10.8. The molecular formula is C34H56N4O5. The molecule has 3 saturated heterocycles. The van der Waals surface area contributed by atoms with Gasteiger partial charge in [0.2, 0.25) is 5.91 Å². The highest BCUT2D eigenvalue weighted by Gasteiger charge is 2.64. The summed E-state index contributed by atoms with van der Waals surface area (Å²) in [7, 11) is 0. The number of piperidine rings is 1. The molecular weight excluding hydrogens is 544 g/mol. The normalized spacial score (nSPS) is 32.4. The molecule has 3 atom stereocenters. The van der Waals surface area contributed by atoms with Gasteiger partial charge in [-0.1, -0.05) is 51.9 Å². The van der Waals surface area contributed by atoms with Crippen molar-refractivity contribution in [2.24, 2.45) is 17.8 Å². The number of amides is 4. The van der Waals surface area contributed by atoms with Crippen LogP contribution in [0.2, 0.25) is 0 Å². The summed E-state index contributed by atoms with van der Waals surface area (Å²) in [5.41, 5.74) is 0.369. The Morgan fingerprint density at radius 3 is 1.95 bits per heavy atom. The summed E-state index contributed by atoms with van der Waals surface area (Å²) in [6.45, 7) is 10.9. The number of fused-ring (bicyclic) bond motifs is 1. The molecule has 0 aromatic carbocycles. The third kappa shape index (κ3) is 6.82. The van der Waals surface area contributed by atoms with Crippen LogP contribution in [0.15, 0.2) is 0 Å². The Kier molecular flexibility index (Phi) is 9.35. The molecule has 2 N–H and O–H groups in total. The molecule has 2 spiro atoms. The zero-order chi connectivity index (χ0) is 31.0. The minimum Gasteiger partial charge on any atom is -0.339 e. The monoisotopic (exact) mass is 600 g/mol. The smallest absolute Gasteiger partial charge is 0.257 e. The molecule has 5 rings (SSSR count). The summed E-state index contributed by atoms with van der Waals surface area (Å²) in [4.78, 5) is 56.0. The lowest BCUT2D eigenvalue weighted by Gasteiger charge is -2.50. The minimum atomic E-state index is -0.945. The first-order chi connectivity index (χ1) is 20.3. The molecule has 3 heterocycles. The van der Waals surface area contributed by atoms with Crippen LogP contribution in [0.5, 0.6) is 0 Å². The number of ether oxygens (including phenoxy) is 1. The summed E-state index contributed by atoms with van der Waals surface area (Å²) in [6.07, 6.45) is 15.4. The summed E-state index contributed by atoms with van der Waals surface area (Å²) in [5, 5.41) is 4.68. The lowest BCUT2D eigenvalue weighted by Crippen LogP contribution is -2.65. The van der Waals surface area contributed by atoms with Gasteiger partial charge in [0.15, 0.2) is 5.60 Å². The second kappa shape index (κ2) is 12.4. The van der Waals surface area contributed by atoms with Gasteiger partial charge in [0.05, 0.1) is 11.8 Å². The predicted octanol–water partition coefficient (Wildman–Crippen LogP) is 5.37. The van der Waals surface area contributed by atoms with Crippen LogP contribution < -0.4 is 10.7 Å². The zero-order valence-corrected chi connectivity index (χ0v) is 27.4. The fourth-order valence-corrected chi connectivity index (χ4v) is 9.35. The molecule has 5 fully saturated rings. The van der Waals surface area contributed by atoms with Crippen molar-refractivity contribution in [3.63, 3.8) is 0 Å². The molecule has 0 aromatic heterocycles. The first kappa shape index (κ1) is 32.4. The number of hydrogen-bond acceptors (Lipinski definition) is 6. The molecule has 0 aromatic rings. The van der Waals surface area contributed by atoms with Crippen LogP contribution in [0.1, 0.15) is 144 Å². The van der Waals surface area contributed by atoms with E-state index in [4.69, 9.17) is 4.74 Å². The van der Waals surface area contributed by atoms with Crippen molar-refractivity contribution in [3.8, 4) is 0 Å². The highest BCUT2D eigenvalue weighted by atomic mass is 16.6. The molecule has 43 heavy (non-hydrogen) atoms. The molecule has 242 valence electrons. The van der Waals surface area contributed by atoms with Gasteiger partial charge in [-0.3, -0.25) is 24.6 Å². The lowest BCUT2D eigenvalue weighted by atomic mass is 9.72. The van der Waals surface area contributed by atoms with Crippen molar-refractivity contribution in [1.82, 2.24) is 20.7 Å². The van der Waals surface area contributed by atoms with E-state index in [0.29, 0.717) is 31.6 Å². The fraction of sp³-hybridized carbons (Fsp3) is 0.882. The van der Waals surface area contributed by atoms with Gasteiger partial charge < -0.3 is 15.0 Å². The maximum atomic E-state index is 14.6. The zero-order valence-electron chi connectivity index (χ0n) is 27.4. The van der Waals surface area contributed by atoms with Crippen molar-refractivity contribution in [1.29, 1.82) is 0 Å². The van der Waals surface area contributed by atoms with Gasteiger partial charge in [-0.25, -0.2) is 0 Å². The Morgan fingerprint density at radius 2 is 1.37 bits per heavy atom. The average molecular weight is 601 g/mol. The van der Waals surface area contributed by atoms with E-state index >= 15 is 0 Å². The average Bonchev–Trinajstić information content (AvgIpc) is 3.25. The maximum absolute atomic E-state index is 14.6. The third-order valence-electron chi connectivity index (χ3n) is 10.8. The van der Waals surface area contributed by atoms with Crippen molar-refractivity contribution >= 4 is 23.6 Å². The highest BCUT2D eigenvalue weighted by Crippen LogP contribution is 2.51. The largest absolute Gasteiger partial charge is 0.339 e. The van der Waals surface area contributed by atoms with E-state index < -0.39 is 17.2 Å². The number of rotatable bonds is 4. The van der Waals surface area contributed by atoms with E-state index in [1.54, 1.807) is 0 Å². The van der Waals surface area contributed by atoms with Crippen molar-refractivity contribution in [2.75, 3.05) is 6.54 Å². The summed E-state index contributed by atoms with van der Waals surface area (Å²) >= 11 is 0. The van der Waals surface area contributed by atoms with Crippen molar-refractivity contribution in [3.05, 3.63) is 0 Å². The molecule has 0 radical (unpaired) electrons. The molecule has 4 amide bonds. The standard InChI is InChI=1S/C34H56N4O5/c1-24-15-16-25-26(21-24)29(41)38(28(25)40)35-27(39)17-20-37-30(42)33(22-31(2,3)36-32(4,5)23-33)43-34(37)18-13-11-9-7-6-8-10-12-14-19-34/h24-26,36H,6-23H2,1-5H3,(H,35,39). The fourth-order valence-electron chi connectivity index (χ4n) is 9.35. The summed E-state index contributed by atoms with van der Waals surface area (Å²) < 4.78 is 7.18. The Labute approximate surface area is 258 Å². The molecule has 3 unspecified atom stereocenters. The maximum Gasteiger partial charge on any atom is 0.257 e. The quantitative estimate of drug-likeness (QED) is 0.420. The van der Waals surface area contributed by atoms with Crippen LogP contribution in [0, 0.1) is 17.8 Å². The molecule has 9 nitrogen and oxygen atoms in total. The molecule has 0 bridgehead atoms. The number of carbonyl (C=O) groups excluding carboxylic acids is 4. The molecule has 9 heteroatoms. The number of nitrogens with zero attached hydrogens (tertiary/aromatic N) is 2. The minimum absolute atomic E-state index is 0.0108. The van der Waals surface area contributed by atoms with Gasteiger partial charge in [0.25, 0.3) is 17.7 Å². The summed E-state index contributed by atoms with van der Waals surface area (Å²) in [5.74, 6) is -1.26. The van der Waals surface area contributed by atoms with Crippen LogP contribution in [0.3, 0.4) is 0 Å².